The van der Waals surface area contributed by atoms with Gasteiger partial charge in [-0.15, -0.1) is 0 Å². The lowest BCUT2D eigenvalue weighted by Gasteiger charge is -2.31. The number of nitrogens with two attached hydrogens (primary N) is 1. The van der Waals surface area contributed by atoms with Crippen LogP contribution < -0.4 is 5.73 Å². The standard InChI is InChI=1S/C12H17FN2O3S/c13-11-4-3-10(14)6-12(11)19(17,18)15-5-1-2-9(7-15)8-16/h3-4,6,9,16H,1-2,5,7-8,14H2. The average Bonchev–Trinajstić information content (AvgIpc) is 2.41. The Labute approximate surface area is 111 Å². The number of hydrogen-bond donors (Lipinski definition) is 2. The summed E-state index contributed by atoms with van der Waals surface area (Å²) in [5, 5.41) is 9.13. The minimum Gasteiger partial charge on any atom is -0.399 e. The molecular formula is C12H17FN2O3S. The first-order valence-electron chi connectivity index (χ1n) is 6.11. The van der Waals surface area contributed by atoms with Crippen LogP contribution in [0, 0.1) is 11.7 Å². The Morgan fingerprint density at radius 1 is 1.47 bits per heavy atom. The Morgan fingerprint density at radius 2 is 2.21 bits per heavy atom. The molecule has 1 aromatic carbocycles. The SMILES string of the molecule is Nc1ccc(F)c(S(=O)(=O)N2CCCC(CO)C2)c1. The van der Waals surface area contributed by atoms with E-state index in [0.717, 1.165) is 18.6 Å². The second kappa shape index (κ2) is 5.44. The van der Waals surface area contributed by atoms with Crippen LogP contribution in [-0.4, -0.2) is 37.5 Å². The third-order valence-corrected chi connectivity index (χ3v) is 5.19. The van der Waals surface area contributed by atoms with E-state index in [9.17, 15) is 12.8 Å². The molecule has 106 valence electrons. The van der Waals surface area contributed by atoms with Crippen LogP contribution in [0.5, 0.6) is 0 Å². The molecule has 1 fully saturated rings. The van der Waals surface area contributed by atoms with Crippen molar-refractivity contribution >= 4 is 15.7 Å². The van der Waals surface area contributed by atoms with Gasteiger partial charge in [-0.2, -0.15) is 4.31 Å². The summed E-state index contributed by atoms with van der Waals surface area (Å²) in [4.78, 5) is -0.397. The van der Waals surface area contributed by atoms with Gasteiger partial charge in [0.25, 0.3) is 0 Å². The van der Waals surface area contributed by atoms with Gasteiger partial charge in [0.05, 0.1) is 0 Å². The number of halogens is 1. The van der Waals surface area contributed by atoms with Gasteiger partial charge in [-0.3, -0.25) is 0 Å². The lowest BCUT2D eigenvalue weighted by molar-refractivity contribution is 0.165. The molecule has 1 saturated heterocycles. The minimum absolute atomic E-state index is 0.0641. The van der Waals surface area contributed by atoms with Crippen molar-refractivity contribution in [2.45, 2.75) is 17.7 Å². The molecule has 0 aliphatic carbocycles. The van der Waals surface area contributed by atoms with Gasteiger partial charge in [-0.05, 0) is 37.0 Å². The lowest BCUT2D eigenvalue weighted by atomic mass is 10.0. The number of nitrogens with zero attached hydrogens (tertiary/aromatic N) is 1. The van der Waals surface area contributed by atoms with Gasteiger partial charge in [-0.25, -0.2) is 12.8 Å². The molecule has 0 radical (unpaired) electrons. The number of hydrogen-bond acceptors (Lipinski definition) is 4. The Hall–Kier alpha value is -1.18. The molecule has 5 nitrogen and oxygen atoms in total. The van der Waals surface area contributed by atoms with Crippen LogP contribution in [0.3, 0.4) is 0 Å². The van der Waals surface area contributed by atoms with Crippen molar-refractivity contribution < 1.29 is 17.9 Å². The predicted octanol–water partition coefficient (Wildman–Crippen LogP) is 0.801. The Morgan fingerprint density at radius 3 is 2.89 bits per heavy atom. The molecule has 1 aliphatic heterocycles. The number of anilines is 1. The van der Waals surface area contributed by atoms with Crippen molar-refractivity contribution in [3.05, 3.63) is 24.0 Å². The van der Waals surface area contributed by atoms with Crippen molar-refractivity contribution in [2.24, 2.45) is 5.92 Å². The molecule has 1 aliphatic rings. The normalized spacial score (nSPS) is 21.5. The molecule has 0 bridgehead atoms. The largest absolute Gasteiger partial charge is 0.399 e. The molecule has 3 N–H and O–H groups in total. The number of piperidine rings is 1. The third kappa shape index (κ3) is 2.88. The summed E-state index contributed by atoms with van der Waals surface area (Å²) in [6, 6.07) is 3.50. The lowest BCUT2D eigenvalue weighted by Crippen LogP contribution is -2.41. The van der Waals surface area contributed by atoms with E-state index in [1.165, 1.54) is 10.4 Å². The molecule has 1 aromatic rings. The zero-order valence-corrected chi connectivity index (χ0v) is 11.2. The molecule has 1 atom stereocenters. The van der Waals surface area contributed by atoms with Crippen molar-refractivity contribution in [3.63, 3.8) is 0 Å². The summed E-state index contributed by atoms with van der Waals surface area (Å²) >= 11 is 0. The van der Waals surface area contributed by atoms with Crippen LogP contribution in [0.25, 0.3) is 0 Å². The number of rotatable bonds is 3. The van der Waals surface area contributed by atoms with Gasteiger partial charge in [0, 0.05) is 25.4 Å². The van der Waals surface area contributed by atoms with Gasteiger partial charge in [-0.1, -0.05) is 0 Å². The molecule has 1 unspecified atom stereocenters. The number of aliphatic hydroxyl groups is 1. The van der Waals surface area contributed by atoms with Crippen LogP contribution in [0.4, 0.5) is 10.1 Å². The average molecular weight is 288 g/mol. The van der Waals surface area contributed by atoms with E-state index in [2.05, 4.69) is 0 Å². The van der Waals surface area contributed by atoms with E-state index < -0.39 is 20.7 Å². The van der Waals surface area contributed by atoms with E-state index in [0.29, 0.717) is 13.0 Å². The number of aliphatic hydroxyl groups excluding tert-OH is 1. The van der Waals surface area contributed by atoms with Gasteiger partial charge in [0.15, 0.2) is 0 Å². The first-order valence-corrected chi connectivity index (χ1v) is 7.55. The summed E-state index contributed by atoms with van der Waals surface area (Å²) in [5.41, 5.74) is 5.72. The summed E-state index contributed by atoms with van der Waals surface area (Å²) in [6.45, 7) is 0.492. The fourth-order valence-electron chi connectivity index (χ4n) is 2.25. The van der Waals surface area contributed by atoms with Crippen LogP contribution in [0.2, 0.25) is 0 Å². The summed E-state index contributed by atoms with van der Waals surface area (Å²) < 4.78 is 39.6. The van der Waals surface area contributed by atoms with Gasteiger partial charge >= 0.3 is 0 Å². The second-order valence-corrected chi connectivity index (χ2v) is 6.65. The molecule has 0 amide bonds. The van der Waals surface area contributed by atoms with Crippen LogP contribution in [0.1, 0.15) is 12.8 Å². The Bertz CT molecular complexity index is 562. The van der Waals surface area contributed by atoms with Crippen molar-refractivity contribution in [1.29, 1.82) is 0 Å². The van der Waals surface area contributed by atoms with E-state index in [-0.39, 0.29) is 24.8 Å². The van der Waals surface area contributed by atoms with Gasteiger partial charge < -0.3 is 10.8 Å². The summed E-state index contributed by atoms with van der Waals surface area (Å²) in [5.74, 6) is -0.895. The van der Waals surface area contributed by atoms with Crippen molar-refractivity contribution in [1.82, 2.24) is 4.31 Å². The molecule has 0 spiro atoms. The first kappa shape index (κ1) is 14.2. The van der Waals surface area contributed by atoms with Crippen LogP contribution >= 0.6 is 0 Å². The Balaban J connectivity index is 2.34. The highest BCUT2D eigenvalue weighted by molar-refractivity contribution is 7.89. The molecule has 19 heavy (non-hydrogen) atoms. The second-order valence-electron chi connectivity index (χ2n) is 4.74. The topological polar surface area (TPSA) is 83.6 Å². The maximum atomic E-state index is 13.7. The third-order valence-electron chi connectivity index (χ3n) is 3.31. The van der Waals surface area contributed by atoms with E-state index in [1.807, 2.05) is 0 Å². The summed E-state index contributed by atoms with van der Waals surface area (Å²) in [7, 11) is -3.89. The maximum Gasteiger partial charge on any atom is 0.246 e. The number of benzene rings is 1. The van der Waals surface area contributed by atoms with E-state index in [1.54, 1.807) is 0 Å². The summed E-state index contributed by atoms with van der Waals surface area (Å²) in [6.07, 6.45) is 1.44. The van der Waals surface area contributed by atoms with Crippen LogP contribution in [0.15, 0.2) is 23.1 Å². The molecule has 7 heteroatoms. The zero-order valence-electron chi connectivity index (χ0n) is 10.4. The minimum atomic E-state index is -3.89. The molecule has 2 rings (SSSR count). The van der Waals surface area contributed by atoms with Crippen molar-refractivity contribution in [2.75, 3.05) is 25.4 Å². The highest BCUT2D eigenvalue weighted by Gasteiger charge is 2.31. The molecule has 1 heterocycles. The van der Waals surface area contributed by atoms with Crippen LogP contribution in [-0.2, 0) is 10.0 Å². The fraction of sp³-hybridized carbons (Fsp3) is 0.500. The quantitative estimate of drug-likeness (QED) is 0.806. The monoisotopic (exact) mass is 288 g/mol. The molecule has 0 saturated carbocycles. The highest BCUT2D eigenvalue weighted by atomic mass is 32.2. The number of nitrogen functional groups attached to an aromatic ring is 1. The number of sulfonamides is 1. The fourth-order valence-corrected chi connectivity index (χ4v) is 3.91. The van der Waals surface area contributed by atoms with Gasteiger partial charge in [0.1, 0.15) is 10.7 Å². The van der Waals surface area contributed by atoms with Gasteiger partial charge in [0.2, 0.25) is 10.0 Å². The van der Waals surface area contributed by atoms with E-state index in [4.69, 9.17) is 10.8 Å². The van der Waals surface area contributed by atoms with E-state index >= 15 is 0 Å². The zero-order chi connectivity index (χ0) is 14.0. The molecular weight excluding hydrogens is 271 g/mol. The Kier molecular flexibility index (Phi) is 4.07. The predicted molar refractivity (Wildman–Crippen MR) is 69.4 cm³/mol. The molecule has 0 aromatic heterocycles. The first-order chi connectivity index (χ1) is 8.95. The smallest absolute Gasteiger partial charge is 0.246 e. The maximum absolute atomic E-state index is 13.7. The highest BCUT2D eigenvalue weighted by Crippen LogP contribution is 2.26. The van der Waals surface area contributed by atoms with Crippen molar-refractivity contribution in [3.8, 4) is 0 Å².